The molecule has 1 heterocycles. The SMILES string of the molecule is O=C1NC(=O)C(=Cc2c3ccccc3c(Cl)c3ccccc23)C(=O)N1. The van der Waals surface area contributed by atoms with Gasteiger partial charge in [-0.1, -0.05) is 60.1 Å². The molecule has 1 fully saturated rings. The van der Waals surface area contributed by atoms with E-state index in [4.69, 9.17) is 11.6 Å². The maximum absolute atomic E-state index is 12.1. The predicted octanol–water partition coefficient (Wildman–Crippen LogP) is 3.40. The minimum absolute atomic E-state index is 0.128. The number of hydrogen-bond donors (Lipinski definition) is 2. The molecule has 25 heavy (non-hydrogen) atoms. The van der Waals surface area contributed by atoms with Gasteiger partial charge in [0.1, 0.15) is 5.57 Å². The Kier molecular flexibility index (Phi) is 3.51. The number of nitrogens with one attached hydrogen (secondary N) is 2. The number of urea groups is 1. The van der Waals surface area contributed by atoms with Gasteiger partial charge in [-0.2, -0.15) is 0 Å². The quantitative estimate of drug-likeness (QED) is 0.401. The van der Waals surface area contributed by atoms with E-state index in [-0.39, 0.29) is 5.57 Å². The summed E-state index contributed by atoms with van der Waals surface area (Å²) in [5, 5.41) is 8.05. The Bertz CT molecular complexity index is 1040. The molecule has 0 aliphatic carbocycles. The van der Waals surface area contributed by atoms with Crippen molar-refractivity contribution in [1.82, 2.24) is 10.6 Å². The van der Waals surface area contributed by atoms with Gasteiger partial charge in [0.05, 0.1) is 5.02 Å². The minimum atomic E-state index is -0.821. The molecule has 1 aliphatic rings. The molecule has 5 nitrogen and oxygen atoms in total. The molecule has 0 saturated carbocycles. The zero-order valence-electron chi connectivity index (χ0n) is 12.8. The third kappa shape index (κ3) is 2.45. The van der Waals surface area contributed by atoms with Gasteiger partial charge >= 0.3 is 6.03 Å². The molecule has 3 aromatic carbocycles. The average Bonchev–Trinajstić information content (AvgIpc) is 2.60. The van der Waals surface area contributed by atoms with E-state index in [1.807, 2.05) is 48.5 Å². The largest absolute Gasteiger partial charge is 0.328 e. The van der Waals surface area contributed by atoms with Crippen molar-refractivity contribution in [3.8, 4) is 0 Å². The van der Waals surface area contributed by atoms with Crippen molar-refractivity contribution in [2.45, 2.75) is 0 Å². The van der Waals surface area contributed by atoms with Crippen molar-refractivity contribution in [3.63, 3.8) is 0 Å². The van der Waals surface area contributed by atoms with Gasteiger partial charge in [0.15, 0.2) is 0 Å². The minimum Gasteiger partial charge on any atom is -0.273 e. The Morgan fingerprint density at radius 1 is 0.720 bits per heavy atom. The topological polar surface area (TPSA) is 75.3 Å². The molecule has 0 bridgehead atoms. The van der Waals surface area contributed by atoms with Gasteiger partial charge in [-0.15, -0.1) is 0 Å². The zero-order chi connectivity index (χ0) is 17.6. The number of carbonyl (C=O) groups excluding carboxylic acids is 3. The van der Waals surface area contributed by atoms with Crippen LogP contribution in [0.5, 0.6) is 0 Å². The molecule has 0 aromatic heterocycles. The number of carbonyl (C=O) groups is 3. The number of hydrogen-bond acceptors (Lipinski definition) is 3. The Hall–Kier alpha value is -3.18. The summed E-state index contributed by atoms with van der Waals surface area (Å²) in [4.78, 5) is 35.4. The van der Waals surface area contributed by atoms with E-state index >= 15 is 0 Å². The summed E-state index contributed by atoms with van der Waals surface area (Å²) in [5.41, 5.74) is 0.572. The smallest absolute Gasteiger partial charge is 0.273 e. The molecule has 0 atom stereocenters. The zero-order valence-corrected chi connectivity index (χ0v) is 13.6. The first-order chi connectivity index (χ1) is 12.1. The fourth-order valence-corrected chi connectivity index (χ4v) is 3.34. The number of imide groups is 2. The molecular weight excluding hydrogens is 340 g/mol. The predicted molar refractivity (Wildman–Crippen MR) is 96.1 cm³/mol. The second-order valence-electron chi connectivity index (χ2n) is 5.61. The lowest BCUT2D eigenvalue weighted by Gasteiger charge is -2.16. The first-order valence-corrected chi connectivity index (χ1v) is 7.91. The van der Waals surface area contributed by atoms with E-state index in [0.29, 0.717) is 10.6 Å². The molecule has 0 spiro atoms. The maximum Gasteiger partial charge on any atom is 0.328 e. The normalized spacial score (nSPS) is 14.6. The van der Waals surface area contributed by atoms with Crippen LogP contribution in [-0.4, -0.2) is 17.8 Å². The third-order valence-corrected chi connectivity index (χ3v) is 4.55. The van der Waals surface area contributed by atoms with Crippen LogP contribution in [0.4, 0.5) is 4.79 Å². The monoisotopic (exact) mass is 350 g/mol. The van der Waals surface area contributed by atoms with Crippen LogP contribution in [0.3, 0.4) is 0 Å². The molecule has 0 radical (unpaired) electrons. The van der Waals surface area contributed by atoms with E-state index in [0.717, 1.165) is 21.5 Å². The molecule has 4 rings (SSSR count). The number of fused-ring (bicyclic) bond motifs is 2. The fourth-order valence-electron chi connectivity index (χ4n) is 3.02. The molecule has 1 aliphatic heterocycles. The van der Waals surface area contributed by atoms with E-state index in [2.05, 4.69) is 10.6 Å². The maximum atomic E-state index is 12.1. The fraction of sp³-hybridized carbons (Fsp3) is 0. The molecular formula is C19H11ClN2O3. The van der Waals surface area contributed by atoms with Crippen molar-refractivity contribution in [2.24, 2.45) is 0 Å². The molecule has 2 N–H and O–H groups in total. The van der Waals surface area contributed by atoms with Crippen molar-refractivity contribution in [3.05, 3.63) is 64.7 Å². The molecule has 0 unspecified atom stereocenters. The van der Waals surface area contributed by atoms with Gasteiger partial charge < -0.3 is 0 Å². The van der Waals surface area contributed by atoms with E-state index in [9.17, 15) is 14.4 Å². The first kappa shape index (κ1) is 15.4. The second kappa shape index (κ2) is 5.72. The number of barbiturate groups is 1. The standard InChI is InChI=1S/C19H11ClN2O3/c20-16-12-7-3-1-5-10(12)14(11-6-2-4-8-13(11)16)9-15-17(23)21-19(25)22-18(15)24/h1-9H,(H2,21,22,23,24,25). The van der Waals surface area contributed by atoms with Crippen LogP contribution in [0.25, 0.3) is 27.6 Å². The Labute approximate surface area is 147 Å². The van der Waals surface area contributed by atoms with Crippen LogP contribution in [0.1, 0.15) is 5.56 Å². The average molecular weight is 351 g/mol. The van der Waals surface area contributed by atoms with Crippen molar-refractivity contribution < 1.29 is 14.4 Å². The van der Waals surface area contributed by atoms with Gasteiger partial charge in [-0.25, -0.2) is 4.79 Å². The number of rotatable bonds is 1. The first-order valence-electron chi connectivity index (χ1n) is 7.53. The highest BCUT2D eigenvalue weighted by atomic mass is 35.5. The Morgan fingerprint density at radius 2 is 1.16 bits per heavy atom. The van der Waals surface area contributed by atoms with Crippen molar-refractivity contribution >= 4 is 57.1 Å². The van der Waals surface area contributed by atoms with E-state index in [1.54, 1.807) is 0 Å². The lowest BCUT2D eigenvalue weighted by molar-refractivity contribution is -0.123. The van der Waals surface area contributed by atoms with Gasteiger partial charge in [-0.3, -0.25) is 20.2 Å². The lowest BCUT2D eigenvalue weighted by Crippen LogP contribution is -2.51. The molecule has 4 amide bonds. The van der Waals surface area contributed by atoms with Crippen molar-refractivity contribution in [1.29, 1.82) is 0 Å². The van der Waals surface area contributed by atoms with Crippen LogP contribution in [0.15, 0.2) is 54.1 Å². The molecule has 3 aromatic rings. The van der Waals surface area contributed by atoms with Gasteiger partial charge in [-0.05, 0) is 22.4 Å². The van der Waals surface area contributed by atoms with Crippen molar-refractivity contribution in [2.75, 3.05) is 0 Å². The molecule has 1 saturated heterocycles. The molecule has 122 valence electrons. The molecule has 6 heteroatoms. The van der Waals surface area contributed by atoms with Crippen LogP contribution in [0, 0.1) is 0 Å². The third-order valence-electron chi connectivity index (χ3n) is 4.14. The van der Waals surface area contributed by atoms with Crippen LogP contribution >= 0.6 is 11.6 Å². The van der Waals surface area contributed by atoms with Gasteiger partial charge in [0.25, 0.3) is 11.8 Å². The van der Waals surface area contributed by atoms with Crippen LogP contribution < -0.4 is 10.6 Å². The van der Waals surface area contributed by atoms with Crippen LogP contribution in [-0.2, 0) is 9.59 Å². The highest BCUT2D eigenvalue weighted by molar-refractivity contribution is 6.42. The summed E-state index contributed by atoms with van der Waals surface area (Å²) in [5.74, 6) is -1.45. The van der Waals surface area contributed by atoms with E-state index in [1.165, 1.54) is 6.08 Å². The summed E-state index contributed by atoms with van der Waals surface area (Å²) in [6.45, 7) is 0. The Morgan fingerprint density at radius 3 is 1.64 bits per heavy atom. The summed E-state index contributed by atoms with van der Waals surface area (Å²) in [6, 6.07) is 14.2. The highest BCUT2D eigenvalue weighted by Crippen LogP contribution is 2.37. The summed E-state index contributed by atoms with van der Waals surface area (Å²) < 4.78 is 0. The van der Waals surface area contributed by atoms with Crippen LogP contribution in [0.2, 0.25) is 5.02 Å². The number of halogens is 1. The second-order valence-corrected chi connectivity index (χ2v) is 5.99. The Balaban J connectivity index is 2.08. The lowest BCUT2D eigenvalue weighted by atomic mass is 9.94. The van der Waals surface area contributed by atoms with Gasteiger partial charge in [0.2, 0.25) is 0 Å². The summed E-state index contributed by atoms with van der Waals surface area (Å²) in [7, 11) is 0. The summed E-state index contributed by atoms with van der Waals surface area (Å²) >= 11 is 6.54. The van der Waals surface area contributed by atoms with E-state index < -0.39 is 17.8 Å². The number of amides is 4. The highest BCUT2D eigenvalue weighted by Gasteiger charge is 2.28. The number of benzene rings is 3. The summed E-state index contributed by atoms with van der Waals surface area (Å²) in [6.07, 6.45) is 1.50. The van der Waals surface area contributed by atoms with Gasteiger partial charge in [0, 0.05) is 10.8 Å².